The van der Waals surface area contributed by atoms with Gasteiger partial charge in [-0.3, -0.25) is 0 Å². The number of benzene rings is 1. The molecular formula is C13H18ClNO2. The lowest BCUT2D eigenvalue weighted by molar-refractivity contribution is 0.368. The summed E-state index contributed by atoms with van der Waals surface area (Å²) in [6.45, 7) is 2.79. The number of hydrogen-bond acceptors (Lipinski definition) is 3. The lowest BCUT2D eigenvalue weighted by Crippen LogP contribution is -2.27. The van der Waals surface area contributed by atoms with Crippen LogP contribution in [0.2, 0.25) is 5.02 Å². The van der Waals surface area contributed by atoms with Crippen LogP contribution in [0.1, 0.15) is 25.3 Å². The molecule has 0 bridgehead atoms. The number of ether oxygens (including phenoxy) is 1. The van der Waals surface area contributed by atoms with Crippen molar-refractivity contribution in [3.63, 3.8) is 0 Å². The Balaban J connectivity index is 2.05. The predicted octanol–water partition coefficient (Wildman–Crippen LogP) is 2.94. The summed E-state index contributed by atoms with van der Waals surface area (Å²) in [6.07, 6.45) is 2.61. The molecule has 3 nitrogen and oxygen atoms in total. The number of phenols is 1. The van der Waals surface area contributed by atoms with Crippen LogP contribution in [0.15, 0.2) is 12.1 Å². The molecule has 0 heterocycles. The summed E-state index contributed by atoms with van der Waals surface area (Å²) in [5, 5.41) is 13.9. The van der Waals surface area contributed by atoms with Crippen molar-refractivity contribution in [3.05, 3.63) is 22.7 Å². The van der Waals surface area contributed by atoms with Gasteiger partial charge in [0.15, 0.2) is 11.5 Å². The molecule has 0 spiro atoms. The fourth-order valence-corrected chi connectivity index (χ4v) is 2.18. The fourth-order valence-electron chi connectivity index (χ4n) is 1.95. The third kappa shape index (κ3) is 3.05. The van der Waals surface area contributed by atoms with Gasteiger partial charge in [-0.2, -0.15) is 0 Å². The Kier molecular flexibility index (Phi) is 3.79. The van der Waals surface area contributed by atoms with Gasteiger partial charge in [0, 0.05) is 29.2 Å². The van der Waals surface area contributed by atoms with E-state index in [-0.39, 0.29) is 5.75 Å². The van der Waals surface area contributed by atoms with Gasteiger partial charge in [0.2, 0.25) is 0 Å². The molecular weight excluding hydrogens is 238 g/mol. The third-order valence-corrected chi connectivity index (χ3v) is 3.50. The lowest BCUT2D eigenvalue weighted by atomic mass is 10.1. The minimum absolute atomic E-state index is 0.174. The van der Waals surface area contributed by atoms with Crippen LogP contribution in [0, 0.1) is 5.92 Å². The van der Waals surface area contributed by atoms with Crippen molar-refractivity contribution in [1.82, 2.24) is 5.32 Å². The van der Waals surface area contributed by atoms with E-state index in [1.165, 1.54) is 20.0 Å². The van der Waals surface area contributed by atoms with Gasteiger partial charge in [0.25, 0.3) is 0 Å². The molecule has 0 saturated heterocycles. The lowest BCUT2D eigenvalue weighted by Gasteiger charge is -2.15. The topological polar surface area (TPSA) is 41.5 Å². The highest BCUT2D eigenvalue weighted by atomic mass is 35.5. The molecule has 1 aromatic rings. The van der Waals surface area contributed by atoms with E-state index in [1.54, 1.807) is 12.1 Å². The Morgan fingerprint density at radius 2 is 2.24 bits per heavy atom. The molecule has 1 aliphatic rings. The Labute approximate surface area is 107 Å². The number of halogens is 1. The van der Waals surface area contributed by atoms with Crippen molar-refractivity contribution in [2.45, 2.75) is 32.4 Å². The summed E-state index contributed by atoms with van der Waals surface area (Å²) in [5.41, 5.74) is 0.779. The van der Waals surface area contributed by atoms with Crippen LogP contribution in [-0.2, 0) is 6.54 Å². The first kappa shape index (κ1) is 12.5. The smallest absolute Gasteiger partial charge is 0.162 e. The van der Waals surface area contributed by atoms with Crippen LogP contribution in [0.25, 0.3) is 0 Å². The summed E-state index contributed by atoms with van der Waals surface area (Å²) in [4.78, 5) is 0. The molecule has 1 saturated carbocycles. The van der Waals surface area contributed by atoms with Crippen molar-refractivity contribution in [1.29, 1.82) is 0 Å². The molecule has 2 N–H and O–H groups in total. The van der Waals surface area contributed by atoms with Gasteiger partial charge in [-0.25, -0.2) is 0 Å². The molecule has 1 atom stereocenters. The van der Waals surface area contributed by atoms with Crippen molar-refractivity contribution in [3.8, 4) is 11.5 Å². The number of rotatable bonds is 5. The number of nitrogens with one attached hydrogen (secondary N) is 1. The molecule has 1 unspecified atom stereocenters. The predicted molar refractivity (Wildman–Crippen MR) is 68.7 cm³/mol. The zero-order chi connectivity index (χ0) is 12.4. The van der Waals surface area contributed by atoms with Crippen molar-refractivity contribution in [2.75, 3.05) is 7.11 Å². The zero-order valence-corrected chi connectivity index (χ0v) is 10.9. The monoisotopic (exact) mass is 255 g/mol. The van der Waals surface area contributed by atoms with E-state index >= 15 is 0 Å². The zero-order valence-electron chi connectivity index (χ0n) is 10.2. The van der Waals surface area contributed by atoms with Gasteiger partial charge in [0.1, 0.15) is 0 Å². The van der Waals surface area contributed by atoms with E-state index in [2.05, 4.69) is 12.2 Å². The second kappa shape index (κ2) is 5.15. The quantitative estimate of drug-likeness (QED) is 0.850. The fraction of sp³-hybridized carbons (Fsp3) is 0.538. The van der Waals surface area contributed by atoms with E-state index < -0.39 is 0 Å². The minimum Gasteiger partial charge on any atom is -0.504 e. The standard InChI is InChI=1S/C13H18ClNO2/c1-8(9-3-4-9)15-7-10-5-11(14)6-12(17-2)13(10)16/h5-6,8-9,15-16H,3-4,7H2,1-2H3. The van der Waals surface area contributed by atoms with Gasteiger partial charge in [-0.15, -0.1) is 0 Å². The van der Waals surface area contributed by atoms with Crippen molar-refractivity contribution < 1.29 is 9.84 Å². The van der Waals surface area contributed by atoms with E-state index in [0.717, 1.165) is 11.5 Å². The van der Waals surface area contributed by atoms with Gasteiger partial charge in [0.05, 0.1) is 7.11 Å². The Bertz CT molecular complexity index is 405. The molecule has 1 aromatic carbocycles. The first-order chi connectivity index (χ1) is 8.11. The van der Waals surface area contributed by atoms with Crippen LogP contribution < -0.4 is 10.1 Å². The Morgan fingerprint density at radius 1 is 1.53 bits per heavy atom. The molecule has 4 heteroatoms. The van der Waals surface area contributed by atoms with Gasteiger partial charge in [-0.1, -0.05) is 11.6 Å². The highest BCUT2D eigenvalue weighted by Gasteiger charge is 2.27. The second-order valence-corrected chi connectivity index (χ2v) is 5.06. The van der Waals surface area contributed by atoms with Gasteiger partial charge >= 0.3 is 0 Å². The summed E-state index contributed by atoms with van der Waals surface area (Å²) < 4.78 is 5.07. The number of methoxy groups -OCH3 is 1. The number of phenolic OH excluding ortho intramolecular Hbond substituents is 1. The molecule has 17 heavy (non-hydrogen) atoms. The molecule has 2 rings (SSSR count). The molecule has 1 aliphatic carbocycles. The SMILES string of the molecule is COc1cc(Cl)cc(CNC(C)C2CC2)c1O. The minimum atomic E-state index is 0.174. The Morgan fingerprint density at radius 3 is 2.82 bits per heavy atom. The molecule has 0 aliphatic heterocycles. The second-order valence-electron chi connectivity index (χ2n) is 4.62. The molecule has 0 amide bonds. The van der Waals surface area contributed by atoms with E-state index in [9.17, 15) is 5.11 Å². The van der Waals surface area contributed by atoms with Crippen molar-refractivity contribution >= 4 is 11.6 Å². The molecule has 0 aromatic heterocycles. The average Bonchev–Trinajstić information content (AvgIpc) is 3.13. The highest BCUT2D eigenvalue weighted by Crippen LogP contribution is 2.35. The number of hydrogen-bond donors (Lipinski definition) is 2. The van der Waals surface area contributed by atoms with Crippen LogP contribution >= 0.6 is 11.6 Å². The average molecular weight is 256 g/mol. The first-order valence-electron chi connectivity index (χ1n) is 5.90. The third-order valence-electron chi connectivity index (χ3n) is 3.28. The summed E-state index contributed by atoms with van der Waals surface area (Å²) in [7, 11) is 1.52. The van der Waals surface area contributed by atoms with E-state index in [0.29, 0.717) is 23.4 Å². The van der Waals surface area contributed by atoms with Crippen LogP contribution in [0.4, 0.5) is 0 Å². The summed E-state index contributed by atoms with van der Waals surface area (Å²) >= 11 is 5.97. The van der Waals surface area contributed by atoms with Crippen LogP contribution in [0.3, 0.4) is 0 Å². The molecule has 0 radical (unpaired) electrons. The van der Waals surface area contributed by atoms with E-state index in [4.69, 9.17) is 16.3 Å². The maximum atomic E-state index is 9.96. The maximum Gasteiger partial charge on any atom is 0.162 e. The summed E-state index contributed by atoms with van der Waals surface area (Å²) in [5.74, 6) is 1.39. The van der Waals surface area contributed by atoms with Crippen LogP contribution in [0.5, 0.6) is 11.5 Å². The molecule has 1 fully saturated rings. The van der Waals surface area contributed by atoms with Crippen LogP contribution in [-0.4, -0.2) is 18.3 Å². The maximum absolute atomic E-state index is 9.96. The molecule has 94 valence electrons. The van der Waals surface area contributed by atoms with Gasteiger partial charge in [-0.05, 0) is 31.7 Å². The highest BCUT2D eigenvalue weighted by molar-refractivity contribution is 6.30. The largest absolute Gasteiger partial charge is 0.504 e. The normalized spacial score (nSPS) is 16.9. The van der Waals surface area contributed by atoms with E-state index in [1.807, 2.05) is 0 Å². The Hall–Kier alpha value is -0.930. The van der Waals surface area contributed by atoms with Crippen molar-refractivity contribution in [2.24, 2.45) is 5.92 Å². The number of aromatic hydroxyl groups is 1. The summed E-state index contributed by atoms with van der Waals surface area (Å²) in [6, 6.07) is 3.87. The first-order valence-corrected chi connectivity index (χ1v) is 6.28. The van der Waals surface area contributed by atoms with Gasteiger partial charge < -0.3 is 15.2 Å².